The van der Waals surface area contributed by atoms with E-state index in [4.69, 9.17) is 9.47 Å². The molecule has 0 bridgehead atoms. The lowest BCUT2D eigenvalue weighted by Crippen LogP contribution is -2.38. The van der Waals surface area contributed by atoms with Gasteiger partial charge >= 0.3 is 0 Å². The highest BCUT2D eigenvalue weighted by Crippen LogP contribution is 2.05. The molecule has 0 aliphatic carbocycles. The summed E-state index contributed by atoms with van der Waals surface area (Å²) in [5, 5.41) is 3.33. The van der Waals surface area contributed by atoms with Crippen LogP contribution in [-0.2, 0) is 9.47 Å². The van der Waals surface area contributed by atoms with Crippen molar-refractivity contribution in [3.05, 3.63) is 0 Å². The third-order valence-corrected chi connectivity index (χ3v) is 2.36. The zero-order chi connectivity index (χ0) is 11.0. The fraction of sp³-hybridized carbons (Fsp3) is 1.00. The summed E-state index contributed by atoms with van der Waals surface area (Å²) in [6, 6.07) is 0.311. The maximum atomic E-state index is 5.73. The number of nitrogens with one attached hydrogen (secondary N) is 1. The quantitative estimate of drug-likeness (QED) is 0.651. The van der Waals surface area contributed by atoms with Gasteiger partial charge in [0, 0.05) is 7.11 Å². The molecule has 0 aromatic rings. The lowest BCUT2D eigenvalue weighted by Gasteiger charge is -2.22. The van der Waals surface area contributed by atoms with Crippen molar-refractivity contribution in [1.29, 1.82) is 0 Å². The van der Waals surface area contributed by atoms with Crippen LogP contribution in [0, 0.1) is 5.92 Å². The fourth-order valence-electron chi connectivity index (χ4n) is 1.12. The standard InChI is InChI=1S/C11H25NO2/c1-6-12-11(7-13-5)8-14-10(4)9(2)3/h9-12H,6-8H2,1-5H3. The van der Waals surface area contributed by atoms with E-state index in [2.05, 4.69) is 33.0 Å². The van der Waals surface area contributed by atoms with Crippen molar-refractivity contribution >= 4 is 0 Å². The van der Waals surface area contributed by atoms with Crippen LogP contribution in [-0.4, -0.2) is 39.0 Å². The summed E-state index contributed by atoms with van der Waals surface area (Å²) in [5.74, 6) is 0.569. The predicted molar refractivity (Wildman–Crippen MR) is 59.6 cm³/mol. The Morgan fingerprint density at radius 1 is 1.14 bits per heavy atom. The van der Waals surface area contributed by atoms with Crippen LogP contribution in [0.15, 0.2) is 0 Å². The second-order valence-electron chi connectivity index (χ2n) is 3.99. The van der Waals surface area contributed by atoms with Crippen molar-refractivity contribution in [3.63, 3.8) is 0 Å². The average Bonchev–Trinajstić information content (AvgIpc) is 2.14. The molecule has 0 saturated heterocycles. The minimum absolute atomic E-state index is 0.311. The molecule has 14 heavy (non-hydrogen) atoms. The fourth-order valence-corrected chi connectivity index (χ4v) is 1.12. The zero-order valence-electron chi connectivity index (χ0n) is 10.2. The Hall–Kier alpha value is -0.120. The third-order valence-electron chi connectivity index (χ3n) is 2.36. The number of rotatable bonds is 8. The predicted octanol–water partition coefficient (Wildman–Crippen LogP) is 1.67. The van der Waals surface area contributed by atoms with Crippen molar-refractivity contribution in [2.75, 3.05) is 26.9 Å². The van der Waals surface area contributed by atoms with Gasteiger partial charge in [0.2, 0.25) is 0 Å². The lowest BCUT2D eigenvalue weighted by molar-refractivity contribution is 0.00836. The van der Waals surface area contributed by atoms with Crippen LogP contribution in [0.25, 0.3) is 0 Å². The summed E-state index contributed by atoms with van der Waals surface area (Å²) >= 11 is 0. The van der Waals surface area contributed by atoms with Crippen molar-refractivity contribution in [2.45, 2.75) is 39.8 Å². The molecule has 2 atom stereocenters. The van der Waals surface area contributed by atoms with E-state index in [9.17, 15) is 0 Å². The highest BCUT2D eigenvalue weighted by Gasteiger charge is 2.11. The first-order valence-electron chi connectivity index (χ1n) is 5.45. The molecule has 0 amide bonds. The Kier molecular flexibility index (Phi) is 8.14. The number of hydrogen-bond donors (Lipinski definition) is 1. The topological polar surface area (TPSA) is 30.5 Å². The molecule has 0 fully saturated rings. The van der Waals surface area contributed by atoms with Crippen molar-refractivity contribution in [1.82, 2.24) is 5.32 Å². The summed E-state index contributed by atoms with van der Waals surface area (Å²) in [6.45, 7) is 10.9. The summed E-state index contributed by atoms with van der Waals surface area (Å²) in [5.41, 5.74) is 0. The molecule has 0 aliphatic heterocycles. The molecule has 0 radical (unpaired) electrons. The van der Waals surface area contributed by atoms with Gasteiger partial charge in [0.15, 0.2) is 0 Å². The summed E-state index contributed by atoms with van der Waals surface area (Å²) in [6.07, 6.45) is 0.313. The molecule has 86 valence electrons. The van der Waals surface area contributed by atoms with Gasteiger partial charge in [-0.15, -0.1) is 0 Å². The van der Waals surface area contributed by atoms with E-state index in [-0.39, 0.29) is 0 Å². The smallest absolute Gasteiger partial charge is 0.0645 e. The molecule has 3 heteroatoms. The number of ether oxygens (including phenoxy) is 2. The lowest BCUT2D eigenvalue weighted by atomic mass is 10.1. The number of likely N-dealkylation sites (N-methyl/N-ethyl adjacent to an activating group) is 1. The number of methoxy groups -OCH3 is 1. The largest absolute Gasteiger partial charge is 0.383 e. The van der Waals surface area contributed by atoms with Crippen molar-refractivity contribution < 1.29 is 9.47 Å². The SMILES string of the molecule is CCNC(COC)COC(C)C(C)C. The highest BCUT2D eigenvalue weighted by molar-refractivity contribution is 4.65. The Morgan fingerprint density at radius 3 is 2.21 bits per heavy atom. The first-order valence-corrected chi connectivity index (χ1v) is 5.45. The van der Waals surface area contributed by atoms with Crippen LogP contribution in [0.4, 0.5) is 0 Å². The first kappa shape index (κ1) is 13.9. The van der Waals surface area contributed by atoms with Gasteiger partial charge in [-0.1, -0.05) is 20.8 Å². The van der Waals surface area contributed by atoms with Crippen LogP contribution in [0.2, 0.25) is 0 Å². The molecule has 0 aromatic carbocycles. The molecule has 0 aromatic heterocycles. The molecule has 0 heterocycles. The van der Waals surface area contributed by atoms with Crippen LogP contribution >= 0.6 is 0 Å². The first-order chi connectivity index (χ1) is 6.61. The van der Waals surface area contributed by atoms with Crippen molar-refractivity contribution in [2.24, 2.45) is 5.92 Å². The molecule has 0 saturated carbocycles. The Bertz CT molecular complexity index is 122. The molecular weight excluding hydrogens is 178 g/mol. The molecule has 3 nitrogen and oxygen atoms in total. The Morgan fingerprint density at radius 2 is 1.79 bits per heavy atom. The maximum Gasteiger partial charge on any atom is 0.0645 e. The maximum absolute atomic E-state index is 5.73. The second-order valence-corrected chi connectivity index (χ2v) is 3.99. The normalized spacial score (nSPS) is 15.9. The van der Waals surface area contributed by atoms with Crippen LogP contribution in [0.3, 0.4) is 0 Å². The summed E-state index contributed by atoms with van der Waals surface area (Å²) < 4.78 is 10.8. The monoisotopic (exact) mass is 203 g/mol. The van der Waals surface area contributed by atoms with Gasteiger partial charge in [-0.3, -0.25) is 0 Å². The third kappa shape index (κ3) is 6.35. The van der Waals surface area contributed by atoms with Gasteiger partial charge < -0.3 is 14.8 Å². The molecule has 0 spiro atoms. The molecule has 0 rings (SSSR count). The van der Waals surface area contributed by atoms with Gasteiger partial charge in [-0.05, 0) is 19.4 Å². The van der Waals surface area contributed by atoms with E-state index in [1.165, 1.54) is 0 Å². The minimum atomic E-state index is 0.311. The van der Waals surface area contributed by atoms with E-state index >= 15 is 0 Å². The van der Waals surface area contributed by atoms with Crippen molar-refractivity contribution in [3.8, 4) is 0 Å². The van der Waals surface area contributed by atoms with E-state index in [0.717, 1.165) is 13.2 Å². The average molecular weight is 203 g/mol. The second kappa shape index (κ2) is 8.21. The van der Waals surface area contributed by atoms with Crippen LogP contribution in [0.5, 0.6) is 0 Å². The molecule has 1 N–H and O–H groups in total. The number of hydrogen-bond acceptors (Lipinski definition) is 3. The van der Waals surface area contributed by atoms with Crippen LogP contribution < -0.4 is 5.32 Å². The van der Waals surface area contributed by atoms with E-state index in [0.29, 0.717) is 24.7 Å². The van der Waals surface area contributed by atoms with E-state index in [1.54, 1.807) is 7.11 Å². The van der Waals surface area contributed by atoms with Gasteiger partial charge in [-0.25, -0.2) is 0 Å². The van der Waals surface area contributed by atoms with Gasteiger partial charge in [0.25, 0.3) is 0 Å². The van der Waals surface area contributed by atoms with Gasteiger partial charge in [-0.2, -0.15) is 0 Å². The van der Waals surface area contributed by atoms with Crippen LogP contribution in [0.1, 0.15) is 27.7 Å². The molecule has 0 aliphatic rings. The van der Waals surface area contributed by atoms with E-state index in [1.807, 2.05) is 0 Å². The van der Waals surface area contributed by atoms with E-state index < -0.39 is 0 Å². The van der Waals surface area contributed by atoms with Gasteiger partial charge in [0.1, 0.15) is 0 Å². The highest BCUT2D eigenvalue weighted by atomic mass is 16.5. The molecular formula is C11H25NO2. The summed E-state index contributed by atoms with van der Waals surface area (Å²) in [4.78, 5) is 0. The Labute approximate surface area is 88.2 Å². The minimum Gasteiger partial charge on any atom is -0.383 e. The summed E-state index contributed by atoms with van der Waals surface area (Å²) in [7, 11) is 1.72. The Balaban J connectivity index is 3.68. The zero-order valence-corrected chi connectivity index (χ0v) is 10.2. The van der Waals surface area contributed by atoms with Gasteiger partial charge in [0.05, 0.1) is 25.4 Å². The molecule has 2 unspecified atom stereocenters.